The van der Waals surface area contributed by atoms with E-state index in [1.807, 2.05) is 19.1 Å². The van der Waals surface area contributed by atoms with Crippen molar-refractivity contribution in [2.75, 3.05) is 5.32 Å². The van der Waals surface area contributed by atoms with E-state index in [0.717, 1.165) is 5.76 Å². The number of halogens is 1. The molecule has 0 aliphatic carbocycles. The van der Waals surface area contributed by atoms with Crippen LogP contribution in [0.5, 0.6) is 0 Å². The van der Waals surface area contributed by atoms with E-state index in [0.29, 0.717) is 41.3 Å². The maximum atomic E-state index is 14.3. The first kappa shape index (κ1) is 12.7. The van der Waals surface area contributed by atoms with Crippen LogP contribution in [0.25, 0.3) is 11.0 Å². The third kappa shape index (κ3) is 2.13. The summed E-state index contributed by atoms with van der Waals surface area (Å²) in [5.74, 6) is 1.55. The highest BCUT2D eigenvalue weighted by atomic mass is 19.1. The predicted octanol–water partition coefficient (Wildman–Crippen LogP) is 3.17. The average Bonchev–Trinajstić information content (AvgIpc) is 3.04. The van der Waals surface area contributed by atoms with Crippen LogP contribution in [0, 0.1) is 12.7 Å². The van der Waals surface area contributed by atoms with Crippen molar-refractivity contribution < 1.29 is 8.81 Å². The van der Waals surface area contributed by atoms with Gasteiger partial charge < -0.3 is 14.7 Å². The molecule has 0 atom stereocenters. The standard InChI is InChI=1S/C14H15FN4O/c1-3-10-12(15)11-13(16-7-9-5-4-6-20-9)17-8(2)18-14(11)19-10/h4-6H,3,7H2,1-2H3,(H2,16,17,18,19). The van der Waals surface area contributed by atoms with Crippen molar-refractivity contribution >= 4 is 16.9 Å². The third-order valence-electron chi connectivity index (χ3n) is 3.14. The second-order valence-corrected chi connectivity index (χ2v) is 4.55. The SMILES string of the molecule is CCc1[nH]c2nc(C)nc(NCc3ccco3)c2c1F. The molecular weight excluding hydrogens is 259 g/mol. The lowest BCUT2D eigenvalue weighted by Gasteiger charge is -2.06. The van der Waals surface area contributed by atoms with Crippen LogP contribution in [0.15, 0.2) is 22.8 Å². The molecule has 3 rings (SSSR count). The number of aromatic nitrogens is 3. The summed E-state index contributed by atoms with van der Waals surface area (Å²) >= 11 is 0. The lowest BCUT2D eigenvalue weighted by atomic mass is 10.2. The third-order valence-corrected chi connectivity index (χ3v) is 3.14. The summed E-state index contributed by atoms with van der Waals surface area (Å²) in [7, 11) is 0. The zero-order valence-electron chi connectivity index (χ0n) is 11.3. The lowest BCUT2D eigenvalue weighted by molar-refractivity contribution is 0.518. The van der Waals surface area contributed by atoms with E-state index in [1.165, 1.54) is 0 Å². The minimum atomic E-state index is -0.288. The number of fused-ring (bicyclic) bond motifs is 1. The van der Waals surface area contributed by atoms with Crippen molar-refractivity contribution in [2.24, 2.45) is 0 Å². The molecule has 2 N–H and O–H groups in total. The molecule has 3 aromatic heterocycles. The van der Waals surface area contributed by atoms with Crippen molar-refractivity contribution in [1.82, 2.24) is 15.0 Å². The van der Waals surface area contributed by atoms with E-state index < -0.39 is 0 Å². The maximum Gasteiger partial charge on any atom is 0.157 e. The number of anilines is 1. The van der Waals surface area contributed by atoms with Gasteiger partial charge in [0.05, 0.1) is 23.9 Å². The normalized spacial score (nSPS) is 11.2. The minimum Gasteiger partial charge on any atom is -0.467 e. The highest BCUT2D eigenvalue weighted by Gasteiger charge is 2.16. The topological polar surface area (TPSA) is 66.7 Å². The fourth-order valence-corrected chi connectivity index (χ4v) is 2.18. The number of furan rings is 1. The molecule has 0 radical (unpaired) electrons. The van der Waals surface area contributed by atoms with Gasteiger partial charge in [0.15, 0.2) is 5.82 Å². The summed E-state index contributed by atoms with van der Waals surface area (Å²) in [5.41, 5.74) is 1.06. The number of rotatable bonds is 4. The summed E-state index contributed by atoms with van der Waals surface area (Å²) in [6.45, 7) is 4.12. The van der Waals surface area contributed by atoms with Crippen LogP contribution in [0.2, 0.25) is 0 Å². The van der Waals surface area contributed by atoms with E-state index in [-0.39, 0.29) is 5.82 Å². The second-order valence-electron chi connectivity index (χ2n) is 4.55. The molecule has 6 heteroatoms. The van der Waals surface area contributed by atoms with E-state index in [1.54, 1.807) is 13.2 Å². The number of aromatic amines is 1. The van der Waals surface area contributed by atoms with E-state index in [4.69, 9.17) is 4.42 Å². The number of aryl methyl sites for hydroxylation is 2. The molecule has 0 saturated carbocycles. The Kier molecular flexibility index (Phi) is 3.14. The summed E-state index contributed by atoms with van der Waals surface area (Å²) in [6.07, 6.45) is 2.18. The summed E-state index contributed by atoms with van der Waals surface area (Å²) in [5, 5.41) is 3.51. The van der Waals surface area contributed by atoms with Crippen molar-refractivity contribution in [1.29, 1.82) is 0 Å². The first-order chi connectivity index (χ1) is 9.69. The monoisotopic (exact) mass is 274 g/mol. The van der Waals surface area contributed by atoms with Crippen LogP contribution >= 0.6 is 0 Å². The van der Waals surface area contributed by atoms with Gasteiger partial charge in [0.1, 0.15) is 23.0 Å². The second kappa shape index (κ2) is 4.96. The quantitative estimate of drug-likeness (QED) is 0.766. The van der Waals surface area contributed by atoms with Crippen LogP contribution < -0.4 is 5.32 Å². The Labute approximate surface area is 115 Å². The first-order valence-electron chi connectivity index (χ1n) is 6.50. The minimum absolute atomic E-state index is 0.288. The zero-order chi connectivity index (χ0) is 14.1. The molecule has 0 aliphatic heterocycles. The van der Waals surface area contributed by atoms with E-state index >= 15 is 0 Å². The molecule has 0 saturated heterocycles. The Morgan fingerprint density at radius 1 is 1.40 bits per heavy atom. The van der Waals surface area contributed by atoms with Crippen LogP contribution in [0.3, 0.4) is 0 Å². The van der Waals surface area contributed by atoms with E-state index in [9.17, 15) is 4.39 Å². The predicted molar refractivity (Wildman–Crippen MR) is 74.0 cm³/mol. The molecule has 20 heavy (non-hydrogen) atoms. The Bertz CT molecular complexity index is 733. The van der Waals surface area contributed by atoms with Crippen molar-refractivity contribution in [3.8, 4) is 0 Å². The molecule has 5 nitrogen and oxygen atoms in total. The van der Waals surface area contributed by atoms with Gasteiger partial charge in [-0.25, -0.2) is 14.4 Å². The molecule has 3 heterocycles. The molecule has 0 spiro atoms. The largest absolute Gasteiger partial charge is 0.467 e. The van der Waals surface area contributed by atoms with Gasteiger partial charge in [-0.3, -0.25) is 0 Å². The molecule has 104 valence electrons. The van der Waals surface area contributed by atoms with Gasteiger partial charge in [0, 0.05) is 0 Å². The molecule has 0 unspecified atom stereocenters. The van der Waals surface area contributed by atoms with Gasteiger partial charge in [-0.2, -0.15) is 0 Å². The van der Waals surface area contributed by atoms with Crippen LogP contribution in [-0.4, -0.2) is 15.0 Å². The van der Waals surface area contributed by atoms with Crippen molar-refractivity contribution in [2.45, 2.75) is 26.8 Å². The lowest BCUT2D eigenvalue weighted by Crippen LogP contribution is -2.03. The van der Waals surface area contributed by atoms with Gasteiger partial charge in [-0.15, -0.1) is 0 Å². The average molecular weight is 274 g/mol. The van der Waals surface area contributed by atoms with Gasteiger partial charge in [0.2, 0.25) is 0 Å². The van der Waals surface area contributed by atoms with Crippen LogP contribution in [-0.2, 0) is 13.0 Å². The summed E-state index contributed by atoms with van der Waals surface area (Å²) in [4.78, 5) is 11.5. The molecule has 3 aromatic rings. The highest BCUT2D eigenvalue weighted by molar-refractivity contribution is 5.88. The Hall–Kier alpha value is -2.37. The number of H-pyrrole nitrogens is 1. The fourth-order valence-electron chi connectivity index (χ4n) is 2.18. The smallest absolute Gasteiger partial charge is 0.157 e. The summed E-state index contributed by atoms with van der Waals surface area (Å²) < 4.78 is 19.6. The first-order valence-corrected chi connectivity index (χ1v) is 6.50. The molecule has 0 aliphatic rings. The molecule has 0 amide bonds. The van der Waals surface area contributed by atoms with E-state index in [2.05, 4.69) is 20.3 Å². The molecular formula is C14H15FN4O. The van der Waals surface area contributed by atoms with Gasteiger partial charge in [0.25, 0.3) is 0 Å². The van der Waals surface area contributed by atoms with Gasteiger partial charge in [-0.1, -0.05) is 6.92 Å². The van der Waals surface area contributed by atoms with Crippen molar-refractivity contribution in [3.05, 3.63) is 41.5 Å². The van der Waals surface area contributed by atoms with Gasteiger partial charge in [-0.05, 0) is 25.5 Å². The summed E-state index contributed by atoms with van der Waals surface area (Å²) in [6, 6.07) is 3.66. The molecule has 0 bridgehead atoms. The number of hydrogen-bond donors (Lipinski definition) is 2. The Morgan fingerprint density at radius 3 is 2.95 bits per heavy atom. The van der Waals surface area contributed by atoms with Gasteiger partial charge >= 0.3 is 0 Å². The highest BCUT2D eigenvalue weighted by Crippen LogP contribution is 2.26. The molecule has 0 aromatic carbocycles. The Balaban J connectivity index is 2.02. The number of nitrogens with one attached hydrogen (secondary N) is 2. The van der Waals surface area contributed by atoms with Crippen LogP contribution in [0.1, 0.15) is 24.2 Å². The van der Waals surface area contributed by atoms with Crippen LogP contribution in [0.4, 0.5) is 10.2 Å². The number of nitrogens with zero attached hydrogens (tertiary/aromatic N) is 2. The zero-order valence-corrected chi connectivity index (χ0v) is 11.3. The number of hydrogen-bond acceptors (Lipinski definition) is 4. The maximum absolute atomic E-state index is 14.3. The molecule has 0 fully saturated rings. The van der Waals surface area contributed by atoms with Crippen molar-refractivity contribution in [3.63, 3.8) is 0 Å². The Morgan fingerprint density at radius 2 is 2.25 bits per heavy atom. The fraction of sp³-hybridized carbons (Fsp3) is 0.286.